The number of hydrogen-bond acceptors (Lipinski definition) is 4. The van der Waals surface area contributed by atoms with Gasteiger partial charge in [-0.3, -0.25) is 10.1 Å². The van der Waals surface area contributed by atoms with Crippen LogP contribution in [-0.4, -0.2) is 21.4 Å². The smallest absolute Gasteiger partial charge is 0.380 e. The number of halogens is 3. The molecule has 6 nitrogen and oxygen atoms in total. The third-order valence-electron chi connectivity index (χ3n) is 2.80. The molecule has 0 aliphatic heterocycles. The fourth-order valence-corrected chi connectivity index (χ4v) is 2.02. The first-order chi connectivity index (χ1) is 9.86. The number of aromatic nitrogens is 2. The van der Waals surface area contributed by atoms with Crippen molar-refractivity contribution in [3.05, 3.63) is 40.3 Å². The Bertz CT molecular complexity index is 653. The Morgan fingerprint density at radius 2 is 2.14 bits per heavy atom. The summed E-state index contributed by atoms with van der Waals surface area (Å²) in [6, 6.07) is 1.88. The number of nitro groups is 1. The molecule has 0 atom stereocenters. The predicted octanol–water partition coefficient (Wildman–Crippen LogP) is 3.44. The van der Waals surface area contributed by atoms with Crippen LogP contribution in [-0.2, 0) is 6.18 Å². The van der Waals surface area contributed by atoms with Gasteiger partial charge in [-0.2, -0.15) is 13.2 Å². The second kappa shape index (κ2) is 5.43. The van der Waals surface area contributed by atoms with E-state index in [0.717, 1.165) is 18.3 Å². The number of anilines is 1. The third-order valence-corrected chi connectivity index (χ3v) is 2.80. The number of imidazole rings is 1. The zero-order chi connectivity index (χ0) is 15.6. The van der Waals surface area contributed by atoms with Gasteiger partial charge in [0.15, 0.2) is 0 Å². The molecule has 0 unspecified atom stereocenters. The van der Waals surface area contributed by atoms with Crippen molar-refractivity contribution in [2.45, 2.75) is 13.1 Å². The Kier molecular flexibility index (Phi) is 3.83. The van der Waals surface area contributed by atoms with Gasteiger partial charge in [0.25, 0.3) is 0 Å². The monoisotopic (exact) mass is 300 g/mol. The van der Waals surface area contributed by atoms with Crippen molar-refractivity contribution in [3.63, 3.8) is 0 Å². The molecule has 9 heteroatoms. The van der Waals surface area contributed by atoms with Gasteiger partial charge in [-0.1, -0.05) is 0 Å². The molecule has 21 heavy (non-hydrogen) atoms. The average Bonchev–Trinajstić information content (AvgIpc) is 2.90. The normalized spacial score (nSPS) is 11.4. The second-order valence-corrected chi connectivity index (χ2v) is 4.13. The van der Waals surface area contributed by atoms with Gasteiger partial charge in [-0.05, 0) is 19.1 Å². The van der Waals surface area contributed by atoms with Crippen LogP contribution < -0.4 is 5.32 Å². The number of H-pyrrole nitrogens is 1. The maximum Gasteiger partial charge on any atom is 0.417 e. The summed E-state index contributed by atoms with van der Waals surface area (Å²) in [7, 11) is 0. The van der Waals surface area contributed by atoms with Gasteiger partial charge in [-0.15, -0.1) is 0 Å². The quantitative estimate of drug-likeness (QED) is 0.669. The van der Waals surface area contributed by atoms with E-state index in [4.69, 9.17) is 0 Å². The molecule has 112 valence electrons. The number of rotatable bonds is 4. The molecule has 2 rings (SSSR count). The summed E-state index contributed by atoms with van der Waals surface area (Å²) in [5.74, 6) is 0. The van der Waals surface area contributed by atoms with Crippen molar-refractivity contribution >= 4 is 11.4 Å². The maximum absolute atomic E-state index is 13.1. The summed E-state index contributed by atoms with van der Waals surface area (Å²) in [6.45, 7) is 2.03. The first-order valence-corrected chi connectivity index (χ1v) is 5.97. The van der Waals surface area contributed by atoms with E-state index >= 15 is 0 Å². The van der Waals surface area contributed by atoms with Crippen LogP contribution in [0.25, 0.3) is 11.3 Å². The molecule has 0 spiro atoms. The van der Waals surface area contributed by atoms with Crippen LogP contribution in [0.1, 0.15) is 12.5 Å². The molecule has 2 N–H and O–H groups in total. The van der Waals surface area contributed by atoms with Crippen molar-refractivity contribution in [2.24, 2.45) is 0 Å². The Labute approximate surface area is 117 Å². The molecule has 0 radical (unpaired) electrons. The fraction of sp³-hybridized carbons (Fsp3) is 0.250. The third kappa shape index (κ3) is 2.81. The van der Waals surface area contributed by atoms with Crippen molar-refractivity contribution in [2.75, 3.05) is 11.9 Å². The second-order valence-electron chi connectivity index (χ2n) is 4.13. The van der Waals surface area contributed by atoms with Crippen LogP contribution in [0.4, 0.5) is 24.5 Å². The molecule has 1 heterocycles. The van der Waals surface area contributed by atoms with Crippen LogP contribution >= 0.6 is 0 Å². The SMILES string of the molecule is CCNc1ccc(C(F)(F)F)c(-c2cnc[nH]2)c1[N+](=O)[O-]. The number of nitrogens with zero attached hydrogens (tertiary/aromatic N) is 2. The zero-order valence-corrected chi connectivity index (χ0v) is 10.9. The number of nitro benzene ring substituents is 1. The lowest BCUT2D eigenvalue weighted by Gasteiger charge is -2.14. The van der Waals surface area contributed by atoms with Crippen LogP contribution in [0, 0.1) is 10.1 Å². The summed E-state index contributed by atoms with van der Waals surface area (Å²) in [5, 5.41) is 14.0. The minimum absolute atomic E-state index is 0.0279. The van der Waals surface area contributed by atoms with E-state index in [2.05, 4.69) is 15.3 Å². The number of nitrogens with one attached hydrogen (secondary N) is 2. The Balaban J connectivity index is 2.82. The first-order valence-electron chi connectivity index (χ1n) is 5.97. The van der Waals surface area contributed by atoms with E-state index in [1.807, 2.05) is 0 Å². The fourth-order valence-electron chi connectivity index (χ4n) is 2.02. The summed E-state index contributed by atoms with van der Waals surface area (Å²) in [4.78, 5) is 16.5. The van der Waals surface area contributed by atoms with Gasteiger partial charge in [-0.25, -0.2) is 4.98 Å². The number of aromatic amines is 1. The number of hydrogen-bond donors (Lipinski definition) is 2. The Hall–Kier alpha value is -2.58. The van der Waals surface area contributed by atoms with E-state index in [1.54, 1.807) is 6.92 Å². The minimum Gasteiger partial charge on any atom is -0.380 e. The predicted molar refractivity (Wildman–Crippen MR) is 69.8 cm³/mol. The van der Waals surface area contributed by atoms with Crippen LogP contribution in [0.3, 0.4) is 0 Å². The Morgan fingerprint density at radius 1 is 1.43 bits per heavy atom. The van der Waals surface area contributed by atoms with Crippen LogP contribution in [0.15, 0.2) is 24.7 Å². The van der Waals surface area contributed by atoms with Crippen molar-refractivity contribution in [1.82, 2.24) is 9.97 Å². The lowest BCUT2D eigenvalue weighted by molar-refractivity contribution is -0.383. The van der Waals surface area contributed by atoms with E-state index in [0.29, 0.717) is 6.54 Å². The van der Waals surface area contributed by atoms with E-state index in [9.17, 15) is 23.3 Å². The van der Waals surface area contributed by atoms with Crippen LogP contribution in [0.5, 0.6) is 0 Å². The molecule has 1 aromatic heterocycles. The largest absolute Gasteiger partial charge is 0.417 e. The highest BCUT2D eigenvalue weighted by Crippen LogP contribution is 2.44. The van der Waals surface area contributed by atoms with Gasteiger partial charge in [0.05, 0.1) is 34.3 Å². The molecule has 0 amide bonds. The van der Waals surface area contributed by atoms with E-state index in [1.165, 1.54) is 6.33 Å². The van der Waals surface area contributed by atoms with Gasteiger partial charge < -0.3 is 10.3 Å². The van der Waals surface area contributed by atoms with Crippen molar-refractivity contribution in [3.8, 4) is 11.3 Å². The molecule has 0 aliphatic carbocycles. The Morgan fingerprint density at radius 3 is 2.62 bits per heavy atom. The highest BCUT2D eigenvalue weighted by molar-refractivity contribution is 5.83. The summed E-state index contributed by atoms with van der Waals surface area (Å²) in [6.07, 6.45) is -2.43. The van der Waals surface area contributed by atoms with Gasteiger partial charge in [0.2, 0.25) is 0 Å². The van der Waals surface area contributed by atoms with Gasteiger partial charge in [0.1, 0.15) is 5.69 Å². The molecule has 0 aliphatic rings. The van der Waals surface area contributed by atoms with Gasteiger partial charge >= 0.3 is 11.9 Å². The van der Waals surface area contributed by atoms with E-state index in [-0.39, 0.29) is 11.4 Å². The molecule has 0 saturated carbocycles. The lowest BCUT2D eigenvalue weighted by Crippen LogP contribution is -2.11. The summed E-state index contributed by atoms with van der Waals surface area (Å²) >= 11 is 0. The number of alkyl halides is 3. The molecular formula is C12H11F3N4O2. The molecule has 1 aromatic carbocycles. The van der Waals surface area contributed by atoms with Crippen molar-refractivity contribution < 1.29 is 18.1 Å². The molecule has 2 aromatic rings. The summed E-state index contributed by atoms with van der Waals surface area (Å²) in [5.41, 5.74) is -2.27. The van der Waals surface area contributed by atoms with E-state index < -0.39 is 27.9 Å². The zero-order valence-electron chi connectivity index (χ0n) is 10.9. The minimum atomic E-state index is -4.71. The summed E-state index contributed by atoms with van der Waals surface area (Å²) < 4.78 is 39.4. The highest BCUT2D eigenvalue weighted by atomic mass is 19.4. The standard InChI is InChI=1S/C12H11F3N4O2/c1-2-17-8-4-3-7(12(13,14)15)10(11(8)19(20)21)9-5-16-6-18-9/h3-6,17H,2H2,1H3,(H,16,18). The number of benzene rings is 1. The van der Waals surface area contributed by atoms with Gasteiger partial charge in [0, 0.05) is 6.54 Å². The molecule has 0 saturated heterocycles. The molecule has 0 fully saturated rings. The van der Waals surface area contributed by atoms with Crippen molar-refractivity contribution in [1.29, 1.82) is 0 Å². The molecule has 0 bridgehead atoms. The van der Waals surface area contributed by atoms with Crippen LogP contribution in [0.2, 0.25) is 0 Å². The molecular weight excluding hydrogens is 289 g/mol. The first kappa shape index (κ1) is 14.8. The maximum atomic E-state index is 13.1. The average molecular weight is 300 g/mol. The topological polar surface area (TPSA) is 83.8 Å². The lowest BCUT2D eigenvalue weighted by atomic mass is 10.0. The highest BCUT2D eigenvalue weighted by Gasteiger charge is 2.39.